The van der Waals surface area contributed by atoms with E-state index in [2.05, 4.69) is 138 Å². The lowest BCUT2D eigenvalue weighted by Gasteiger charge is -2.13. The fourth-order valence-corrected chi connectivity index (χ4v) is 7.31. The van der Waals surface area contributed by atoms with Gasteiger partial charge in [-0.3, -0.25) is 4.98 Å². The molecule has 0 saturated carbocycles. The van der Waals surface area contributed by atoms with Gasteiger partial charge in [0, 0.05) is 37.9 Å². The Labute approximate surface area is 246 Å². The minimum Gasteiger partial charge on any atom is -0.308 e. The van der Waals surface area contributed by atoms with Crippen molar-refractivity contribution in [2.75, 3.05) is 0 Å². The van der Waals surface area contributed by atoms with Crippen LogP contribution < -0.4 is 0 Å². The quantitative estimate of drug-likeness (QED) is 0.202. The van der Waals surface area contributed by atoms with Crippen LogP contribution in [0.2, 0.25) is 0 Å². The smallest absolute Gasteiger partial charge is 0.0979 e. The van der Waals surface area contributed by atoms with Crippen molar-refractivity contribution in [3.8, 4) is 22.4 Å². The molecule has 0 aliphatic heterocycles. The van der Waals surface area contributed by atoms with Crippen molar-refractivity contribution in [1.82, 2.24) is 14.4 Å². The van der Waals surface area contributed by atoms with Gasteiger partial charge in [-0.2, -0.15) is 0 Å². The minimum absolute atomic E-state index is 0.878. The molecular formula is C40H23N3. The Kier molecular flexibility index (Phi) is 4.45. The summed E-state index contributed by atoms with van der Waals surface area (Å²) in [5.41, 5.74) is 9.94. The standard InChI is InChI=1S/C40H23N3/c1-4-13-28(35-23-41-38-30-15-5-2-11-26(30)27-12-3-6-16-31(27)39(38)42-35)25(10-1)24-20-21-37-34(22-24)33-18-9-17-32-29-14-7-8-19-36(29)43(37)40(32)33/h1-23H. The first-order chi connectivity index (χ1) is 21.3. The molecule has 0 aliphatic carbocycles. The summed E-state index contributed by atoms with van der Waals surface area (Å²) >= 11 is 0. The molecule has 3 nitrogen and oxygen atoms in total. The summed E-state index contributed by atoms with van der Waals surface area (Å²) in [6.07, 6.45) is 1.94. The number of aromatic nitrogens is 3. The first-order valence-electron chi connectivity index (χ1n) is 14.7. The predicted octanol–water partition coefficient (Wildman–Crippen LogP) is 10.4. The van der Waals surface area contributed by atoms with E-state index in [1.807, 2.05) is 6.20 Å². The topological polar surface area (TPSA) is 30.2 Å². The molecule has 0 spiro atoms. The Morgan fingerprint density at radius 3 is 1.79 bits per heavy atom. The zero-order valence-electron chi connectivity index (χ0n) is 23.1. The summed E-state index contributed by atoms with van der Waals surface area (Å²) in [5, 5.41) is 9.82. The highest BCUT2D eigenvalue weighted by atomic mass is 14.9. The molecule has 0 saturated heterocycles. The first kappa shape index (κ1) is 22.8. The van der Waals surface area contributed by atoms with Gasteiger partial charge in [0.2, 0.25) is 0 Å². The van der Waals surface area contributed by atoms with Crippen LogP contribution in [0, 0.1) is 0 Å². The van der Waals surface area contributed by atoms with E-state index in [1.54, 1.807) is 0 Å². The molecular weight excluding hydrogens is 522 g/mol. The van der Waals surface area contributed by atoms with Gasteiger partial charge < -0.3 is 4.40 Å². The van der Waals surface area contributed by atoms with Crippen LogP contribution >= 0.6 is 0 Å². The molecule has 0 bridgehead atoms. The lowest BCUT2D eigenvalue weighted by atomic mass is 9.95. The predicted molar refractivity (Wildman–Crippen MR) is 180 cm³/mol. The summed E-state index contributed by atoms with van der Waals surface area (Å²) in [5.74, 6) is 0. The SMILES string of the molecule is c1ccc(-c2cnc3c4ccccc4c4ccccc4c3n2)c(-c2ccc3c(c2)c2cccc4c5ccccc5n3c42)c1. The number of rotatable bonds is 2. The van der Waals surface area contributed by atoms with Crippen molar-refractivity contribution in [1.29, 1.82) is 0 Å². The Morgan fingerprint density at radius 1 is 0.419 bits per heavy atom. The molecule has 0 aliphatic rings. The molecule has 0 amide bonds. The molecule has 3 heterocycles. The molecule has 7 aromatic carbocycles. The summed E-state index contributed by atoms with van der Waals surface area (Å²) in [6, 6.07) is 47.9. The monoisotopic (exact) mass is 545 g/mol. The maximum absolute atomic E-state index is 5.31. The van der Waals surface area contributed by atoms with Gasteiger partial charge in [0.15, 0.2) is 0 Å². The van der Waals surface area contributed by atoms with E-state index >= 15 is 0 Å². The first-order valence-corrected chi connectivity index (χ1v) is 14.7. The van der Waals surface area contributed by atoms with E-state index in [1.165, 1.54) is 54.4 Å². The Balaban J connectivity index is 1.22. The van der Waals surface area contributed by atoms with Crippen LogP contribution in [0.4, 0.5) is 0 Å². The number of hydrogen-bond acceptors (Lipinski definition) is 2. The molecule has 0 unspecified atom stereocenters. The Morgan fingerprint density at radius 2 is 1.00 bits per heavy atom. The number of benzene rings is 7. The van der Waals surface area contributed by atoms with Crippen molar-refractivity contribution in [3.05, 3.63) is 140 Å². The third-order valence-electron chi connectivity index (χ3n) is 9.16. The van der Waals surface area contributed by atoms with Crippen molar-refractivity contribution in [2.24, 2.45) is 0 Å². The number of para-hydroxylation sites is 2. The van der Waals surface area contributed by atoms with Crippen LogP contribution in [-0.2, 0) is 0 Å². The summed E-state index contributed by atoms with van der Waals surface area (Å²) in [7, 11) is 0. The normalized spacial score (nSPS) is 12.2. The molecule has 10 aromatic rings. The molecule has 198 valence electrons. The molecule has 0 radical (unpaired) electrons. The van der Waals surface area contributed by atoms with E-state index in [4.69, 9.17) is 9.97 Å². The van der Waals surface area contributed by atoms with Gasteiger partial charge in [-0.15, -0.1) is 0 Å². The van der Waals surface area contributed by atoms with E-state index < -0.39 is 0 Å². The van der Waals surface area contributed by atoms with Crippen LogP contribution in [0.1, 0.15) is 0 Å². The lowest BCUT2D eigenvalue weighted by Crippen LogP contribution is -1.94. The average molecular weight is 546 g/mol. The van der Waals surface area contributed by atoms with Crippen LogP contribution in [0.15, 0.2) is 140 Å². The van der Waals surface area contributed by atoms with E-state index in [0.29, 0.717) is 0 Å². The van der Waals surface area contributed by atoms with Gasteiger partial charge in [-0.05, 0) is 40.1 Å². The number of fused-ring (bicyclic) bond motifs is 12. The second-order valence-corrected chi connectivity index (χ2v) is 11.4. The highest BCUT2D eigenvalue weighted by Crippen LogP contribution is 2.41. The fraction of sp³-hybridized carbons (Fsp3) is 0. The fourth-order valence-electron chi connectivity index (χ4n) is 7.31. The highest BCUT2D eigenvalue weighted by molar-refractivity contribution is 6.24. The van der Waals surface area contributed by atoms with Crippen molar-refractivity contribution in [3.63, 3.8) is 0 Å². The summed E-state index contributed by atoms with van der Waals surface area (Å²) in [4.78, 5) is 10.3. The maximum atomic E-state index is 5.31. The molecule has 43 heavy (non-hydrogen) atoms. The second kappa shape index (κ2) is 8.37. The Hall–Kier alpha value is -5.80. The number of nitrogens with zero attached hydrogens (tertiary/aromatic N) is 3. The molecule has 0 N–H and O–H groups in total. The van der Waals surface area contributed by atoms with Crippen LogP contribution in [0.5, 0.6) is 0 Å². The van der Waals surface area contributed by atoms with Gasteiger partial charge in [0.25, 0.3) is 0 Å². The van der Waals surface area contributed by atoms with Gasteiger partial charge in [-0.1, -0.05) is 115 Å². The third kappa shape index (κ3) is 3.03. The van der Waals surface area contributed by atoms with Crippen molar-refractivity contribution in [2.45, 2.75) is 0 Å². The van der Waals surface area contributed by atoms with Gasteiger partial charge in [-0.25, -0.2) is 4.98 Å². The molecule has 3 heteroatoms. The third-order valence-corrected chi connectivity index (χ3v) is 9.16. The molecule has 0 fully saturated rings. The van der Waals surface area contributed by atoms with E-state index in [-0.39, 0.29) is 0 Å². The van der Waals surface area contributed by atoms with Gasteiger partial charge in [0.05, 0.1) is 39.5 Å². The molecule has 3 aromatic heterocycles. The minimum atomic E-state index is 0.878. The summed E-state index contributed by atoms with van der Waals surface area (Å²) in [6.45, 7) is 0. The second-order valence-electron chi connectivity index (χ2n) is 11.4. The number of hydrogen-bond donors (Lipinski definition) is 0. The van der Waals surface area contributed by atoms with Crippen molar-refractivity contribution < 1.29 is 0 Å². The van der Waals surface area contributed by atoms with Gasteiger partial charge >= 0.3 is 0 Å². The van der Waals surface area contributed by atoms with Crippen LogP contribution in [-0.4, -0.2) is 14.4 Å². The van der Waals surface area contributed by atoms with Crippen LogP contribution in [0.3, 0.4) is 0 Å². The van der Waals surface area contributed by atoms with Crippen LogP contribution in [0.25, 0.3) is 93.1 Å². The maximum Gasteiger partial charge on any atom is 0.0979 e. The zero-order valence-corrected chi connectivity index (χ0v) is 23.1. The Bertz CT molecular complexity index is 2700. The zero-order chi connectivity index (χ0) is 28.1. The molecule has 10 rings (SSSR count). The molecule has 0 atom stereocenters. The van der Waals surface area contributed by atoms with E-state index in [9.17, 15) is 0 Å². The summed E-state index contributed by atoms with van der Waals surface area (Å²) < 4.78 is 2.43. The van der Waals surface area contributed by atoms with Crippen molar-refractivity contribution >= 4 is 70.7 Å². The van der Waals surface area contributed by atoms with E-state index in [0.717, 1.165) is 38.6 Å². The largest absolute Gasteiger partial charge is 0.308 e. The van der Waals surface area contributed by atoms with Gasteiger partial charge in [0.1, 0.15) is 0 Å². The average Bonchev–Trinajstić information content (AvgIpc) is 3.60. The lowest BCUT2D eigenvalue weighted by molar-refractivity contribution is 1.31. The highest BCUT2D eigenvalue weighted by Gasteiger charge is 2.19.